The number of hydrogen-bond donors (Lipinski definition) is 0. The lowest BCUT2D eigenvalue weighted by atomic mass is 10.00. The van der Waals surface area contributed by atoms with Gasteiger partial charge in [0.1, 0.15) is 0 Å². The van der Waals surface area contributed by atoms with E-state index in [1.165, 1.54) is 5.57 Å². The van der Waals surface area contributed by atoms with Crippen LogP contribution in [0.3, 0.4) is 0 Å². The van der Waals surface area contributed by atoms with Gasteiger partial charge in [-0.1, -0.05) is 18.6 Å². The van der Waals surface area contributed by atoms with Gasteiger partial charge < -0.3 is 9.80 Å². The van der Waals surface area contributed by atoms with Gasteiger partial charge >= 0.3 is 6.03 Å². The first-order valence-electron chi connectivity index (χ1n) is 4.87. The van der Waals surface area contributed by atoms with Crippen molar-refractivity contribution in [1.82, 2.24) is 9.80 Å². The lowest BCUT2D eigenvalue weighted by Crippen LogP contribution is -2.37. The molecular weight excluding hydrogens is 164 g/mol. The van der Waals surface area contributed by atoms with E-state index in [1.807, 2.05) is 16.8 Å². The second kappa shape index (κ2) is 2.76. The van der Waals surface area contributed by atoms with E-state index in [-0.39, 0.29) is 6.03 Å². The molecule has 0 aromatic rings. The van der Waals surface area contributed by atoms with Crippen molar-refractivity contribution in [2.75, 3.05) is 13.6 Å². The van der Waals surface area contributed by atoms with Crippen LogP contribution in [-0.2, 0) is 0 Å². The number of hydrogen-bond acceptors (Lipinski definition) is 1. The molecule has 0 saturated carbocycles. The molecule has 72 valence electrons. The molecule has 1 fully saturated rings. The minimum atomic E-state index is 0.185. The summed E-state index contributed by atoms with van der Waals surface area (Å²) in [4.78, 5) is 15.5. The molecule has 2 heterocycles. The lowest BCUT2D eigenvalue weighted by Gasteiger charge is -2.27. The smallest absolute Gasteiger partial charge is 0.319 e. The monoisotopic (exact) mass is 180 g/mol. The molecule has 3 heteroatoms. The van der Waals surface area contributed by atoms with Gasteiger partial charge in [0.15, 0.2) is 0 Å². The van der Waals surface area contributed by atoms with Crippen LogP contribution in [0.15, 0.2) is 11.6 Å². The normalized spacial score (nSPS) is 32.5. The Labute approximate surface area is 79.0 Å². The van der Waals surface area contributed by atoms with Crippen molar-refractivity contribution in [1.29, 1.82) is 0 Å². The van der Waals surface area contributed by atoms with Gasteiger partial charge in [-0.2, -0.15) is 0 Å². The summed E-state index contributed by atoms with van der Waals surface area (Å²) in [5.41, 5.74) is 1.34. The van der Waals surface area contributed by atoms with E-state index in [1.54, 1.807) is 0 Å². The largest absolute Gasteiger partial charge is 0.320 e. The number of nitrogens with zero attached hydrogens (tertiary/aromatic N) is 2. The SMILES string of the molecule is CCC1C=C(C)C2CN1C(=O)N2C. The van der Waals surface area contributed by atoms with Gasteiger partial charge in [-0.15, -0.1) is 0 Å². The summed E-state index contributed by atoms with van der Waals surface area (Å²) in [5, 5.41) is 0. The van der Waals surface area contributed by atoms with Crippen LogP contribution < -0.4 is 0 Å². The molecule has 2 rings (SSSR count). The van der Waals surface area contributed by atoms with Gasteiger partial charge in [-0.3, -0.25) is 0 Å². The topological polar surface area (TPSA) is 23.6 Å². The van der Waals surface area contributed by atoms with Crippen molar-refractivity contribution in [3.8, 4) is 0 Å². The van der Waals surface area contributed by atoms with Gasteiger partial charge in [0, 0.05) is 13.6 Å². The Morgan fingerprint density at radius 2 is 2.31 bits per heavy atom. The van der Waals surface area contributed by atoms with Gasteiger partial charge in [0.25, 0.3) is 0 Å². The molecule has 1 saturated heterocycles. The van der Waals surface area contributed by atoms with E-state index in [0.717, 1.165) is 13.0 Å². The van der Waals surface area contributed by atoms with E-state index in [4.69, 9.17) is 0 Å². The molecule has 3 nitrogen and oxygen atoms in total. The Bertz CT molecular complexity index is 272. The number of urea groups is 1. The number of carbonyl (C=O) groups excluding carboxylic acids is 1. The van der Waals surface area contributed by atoms with Gasteiger partial charge in [-0.25, -0.2) is 4.79 Å². The van der Waals surface area contributed by atoms with Crippen LogP contribution in [0, 0.1) is 0 Å². The average molecular weight is 180 g/mol. The molecule has 2 unspecified atom stereocenters. The van der Waals surface area contributed by atoms with Gasteiger partial charge in [0.2, 0.25) is 0 Å². The molecule has 0 aromatic heterocycles. The maximum atomic E-state index is 11.7. The Kier molecular flexibility index (Phi) is 1.82. The quantitative estimate of drug-likeness (QED) is 0.560. The fraction of sp³-hybridized carbons (Fsp3) is 0.700. The summed E-state index contributed by atoms with van der Waals surface area (Å²) in [5.74, 6) is 0. The van der Waals surface area contributed by atoms with E-state index in [9.17, 15) is 4.79 Å². The summed E-state index contributed by atoms with van der Waals surface area (Å²) >= 11 is 0. The highest BCUT2D eigenvalue weighted by Crippen LogP contribution is 2.29. The van der Waals surface area contributed by atoms with E-state index < -0.39 is 0 Å². The van der Waals surface area contributed by atoms with E-state index >= 15 is 0 Å². The second-order valence-electron chi connectivity index (χ2n) is 3.95. The van der Waals surface area contributed by atoms with Crippen LogP contribution in [-0.4, -0.2) is 41.5 Å². The van der Waals surface area contributed by atoms with Crippen molar-refractivity contribution in [3.05, 3.63) is 11.6 Å². The van der Waals surface area contributed by atoms with Gasteiger partial charge in [0.05, 0.1) is 12.1 Å². The Hall–Kier alpha value is -0.990. The van der Waals surface area contributed by atoms with Crippen LogP contribution in [0.4, 0.5) is 4.79 Å². The lowest BCUT2D eigenvalue weighted by molar-refractivity contribution is 0.190. The zero-order chi connectivity index (χ0) is 9.59. The first-order chi connectivity index (χ1) is 6.15. The molecule has 0 N–H and O–H groups in total. The van der Waals surface area contributed by atoms with E-state index in [0.29, 0.717) is 12.1 Å². The zero-order valence-corrected chi connectivity index (χ0v) is 8.45. The molecule has 0 aliphatic carbocycles. The maximum absolute atomic E-state index is 11.7. The van der Waals surface area contributed by atoms with Crippen LogP contribution >= 0.6 is 0 Å². The molecule has 2 amide bonds. The fourth-order valence-corrected chi connectivity index (χ4v) is 2.29. The Morgan fingerprint density at radius 3 is 2.92 bits per heavy atom. The number of carbonyl (C=O) groups is 1. The molecule has 2 bridgehead atoms. The predicted molar refractivity (Wildman–Crippen MR) is 51.5 cm³/mol. The standard InChI is InChI=1S/C10H16N2O/c1-4-8-5-7(2)9-6-12(8)10(13)11(9)3/h5,8-9H,4,6H2,1-3H3. The minimum absolute atomic E-state index is 0.185. The average Bonchev–Trinajstić information content (AvgIpc) is 2.38. The highest BCUT2D eigenvalue weighted by atomic mass is 16.2. The number of rotatable bonds is 1. The summed E-state index contributed by atoms with van der Waals surface area (Å²) in [6.45, 7) is 5.14. The molecule has 13 heavy (non-hydrogen) atoms. The van der Waals surface area contributed by atoms with Crippen molar-refractivity contribution in [2.45, 2.75) is 32.4 Å². The summed E-state index contributed by atoms with van der Waals surface area (Å²) in [7, 11) is 1.89. The third-order valence-corrected chi connectivity index (χ3v) is 3.18. The molecule has 0 aromatic carbocycles. The zero-order valence-electron chi connectivity index (χ0n) is 8.45. The molecule has 2 aliphatic rings. The highest BCUT2D eigenvalue weighted by molar-refractivity contribution is 5.79. The summed E-state index contributed by atoms with van der Waals surface area (Å²) in [6.07, 6.45) is 3.25. The van der Waals surface area contributed by atoms with Gasteiger partial charge in [-0.05, 0) is 13.3 Å². The molecule has 2 aliphatic heterocycles. The third kappa shape index (κ3) is 1.06. The minimum Gasteiger partial charge on any atom is -0.319 e. The molecular formula is C10H16N2O. The molecule has 0 spiro atoms. The molecule has 0 radical (unpaired) electrons. The second-order valence-corrected chi connectivity index (χ2v) is 3.95. The van der Waals surface area contributed by atoms with Crippen LogP contribution in [0.25, 0.3) is 0 Å². The first-order valence-corrected chi connectivity index (χ1v) is 4.87. The van der Waals surface area contributed by atoms with Crippen molar-refractivity contribution < 1.29 is 4.79 Å². The van der Waals surface area contributed by atoms with Crippen molar-refractivity contribution in [3.63, 3.8) is 0 Å². The number of amides is 2. The number of likely N-dealkylation sites (N-methyl/N-ethyl adjacent to an activating group) is 1. The summed E-state index contributed by atoms with van der Waals surface area (Å²) < 4.78 is 0. The third-order valence-electron chi connectivity index (χ3n) is 3.18. The van der Waals surface area contributed by atoms with Crippen LogP contribution in [0.2, 0.25) is 0 Å². The Morgan fingerprint density at radius 1 is 1.62 bits per heavy atom. The fourth-order valence-electron chi connectivity index (χ4n) is 2.29. The van der Waals surface area contributed by atoms with Crippen molar-refractivity contribution in [2.24, 2.45) is 0 Å². The highest BCUT2D eigenvalue weighted by Gasteiger charge is 2.41. The predicted octanol–water partition coefficient (Wildman–Crippen LogP) is 1.46. The summed E-state index contributed by atoms with van der Waals surface area (Å²) in [6, 6.07) is 0.842. The Balaban J connectivity index is 2.33. The first kappa shape index (κ1) is 8.60. The van der Waals surface area contributed by atoms with Crippen LogP contribution in [0.1, 0.15) is 20.3 Å². The molecule has 2 atom stereocenters. The van der Waals surface area contributed by atoms with Crippen LogP contribution in [0.5, 0.6) is 0 Å². The number of fused-ring (bicyclic) bond motifs is 2. The van der Waals surface area contributed by atoms with Crippen molar-refractivity contribution >= 4 is 6.03 Å². The maximum Gasteiger partial charge on any atom is 0.320 e. The van der Waals surface area contributed by atoms with E-state index in [2.05, 4.69) is 19.9 Å².